The Morgan fingerprint density at radius 3 is 1.75 bits per heavy atom. The van der Waals surface area contributed by atoms with E-state index in [1.165, 1.54) is 0 Å². The second-order valence-electron chi connectivity index (χ2n) is 3.69. The van der Waals surface area contributed by atoms with Crippen molar-refractivity contribution in [2.75, 3.05) is 0 Å². The van der Waals surface area contributed by atoms with Gasteiger partial charge in [0.05, 0.1) is 18.1 Å². The Balaban J connectivity index is 2.61. The van der Waals surface area contributed by atoms with E-state index in [-0.39, 0.29) is 6.42 Å². The van der Waals surface area contributed by atoms with Crippen LogP contribution in [0, 0.1) is 40.4 Å². The summed E-state index contributed by atoms with van der Waals surface area (Å²) in [6, 6.07) is 1.79. The first-order valence-corrected chi connectivity index (χ1v) is 5.17. The zero-order valence-electron chi connectivity index (χ0n) is 9.59. The first-order chi connectivity index (χ1) is 9.47. The smallest absolute Gasteiger partial charge is 0.200 e. The van der Waals surface area contributed by atoms with Crippen LogP contribution in [0.4, 0.5) is 22.0 Å². The fourth-order valence-electron chi connectivity index (χ4n) is 1.47. The molecule has 0 atom stereocenters. The molecule has 0 N–H and O–H groups in total. The number of nitrogens with zero attached hydrogens (tertiary/aromatic N) is 3. The van der Waals surface area contributed by atoms with Crippen LogP contribution in [0.2, 0.25) is 0 Å². The highest BCUT2D eigenvalue weighted by Gasteiger charge is 2.27. The van der Waals surface area contributed by atoms with E-state index in [0.717, 1.165) is 12.4 Å². The van der Waals surface area contributed by atoms with E-state index in [4.69, 9.17) is 5.26 Å². The largest absolute Gasteiger partial charge is 0.236 e. The molecule has 3 nitrogen and oxygen atoms in total. The molecule has 0 fully saturated rings. The molecule has 0 aliphatic heterocycles. The van der Waals surface area contributed by atoms with Gasteiger partial charge in [0.15, 0.2) is 29.1 Å². The molecule has 0 saturated heterocycles. The van der Waals surface area contributed by atoms with Crippen molar-refractivity contribution in [3.63, 3.8) is 0 Å². The van der Waals surface area contributed by atoms with Crippen molar-refractivity contribution >= 4 is 0 Å². The summed E-state index contributed by atoms with van der Waals surface area (Å²) < 4.78 is 65.9. The minimum Gasteiger partial charge on any atom is -0.236 e. The van der Waals surface area contributed by atoms with E-state index >= 15 is 0 Å². The lowest BCUT2D eigenvalue weighted by atomic mass is 10.1. The van der Waals surface area contributed by atoms with Gasteiger partial charge in [-0.25, -0.2) is 31.9 Å². The predicted molar refractivity (Wildman–Crippen MR) is 56.6 cm³/mol. The van der Waals surface area contributed by atoms with Crippen LogP contribution in [-0.4, -0.2) is 9.97 Å². The Labute approximate surface area is 109 Å². The molecule has 2 aromatic rings. The molecule has 0 bridgehead atoms. The summed E-state index contributed by atoms with van der Waals surface area (Å²) in [5.74, 6) is -11.0. The summed E-state index contributed by atoms with van der Waals surface area (Å²) in [6.45, 7) is 0. The number of rotatable bonds is 2. The van der Waals surface area contributed by atoms with Gasteiger partial charge in [0.25, 0.3) is 0 Å². The van der Waals surface area contributed by atoms with Crippen molar-refractivity contribution < 1.29 is 22.0 Å². The normalized spacial score (nSPS) is 10.4. The average Bonchev–Trinajstić information content (AvgIpc) is 2.45. The highest BCUT2D eigenvalue weighted by molar-refractivity contribution is 5.57. The Morgan fingerprint density at radius 2 is 1.30 bits per heavy atom. The van der Waals surface area contributed by atoms with Gasteiger partial charge in [0.1, 0.15) is 0 Å². The number of nitriles is 1. The molecule has 20 heavy (non-hydrogen) atoms. The third-order valence-electron chi connectivity index (χ3n) is 2.42. The van der Waals surface area contributed by atoms with Gasteiger partial charge < -0.3 is 0 Å². The van der Waals surface area contributed by atoms with Crippen LogP contribution in [0.5, 0.6) is 0 Å². The van der Waals surface area contributed by atoms with Crippen LogP contribution < -0.4 is 0 Å². The molecule has 0 amide bonds. The molecule has 0 saturated carbocycles. The summed E-state index contributed by atoms with van der Waals surface area (Å²) in [5.41, 5.74) is -0.856. The van der Waals surface area contributed by atoms with Crippen molar-refractivity contribution in [3.8, 4) is 17.5 Å². The standard InChI is InChI=1S/C12H4F5N3/c13-7-6(8(14)10(16)11(17)9(7)15)12-19-3-5(1-2-18)4-20-12/h3-4H,1H2. The molecule has 0 aliphatic carbocycles. The van der Waals surface area contributed by atoms with E-state index in [1.54, 1.807) is 6.07 Å². The van der Waals surface area contributed by atoms with E-state index in [0.29, 0.717) is 5.56 Å². The third kappa shape index (κ3) is 2.18. The summed E-state index contributed by atoms with van der Waals surface area (Å²) >= 11 is 0. The minimum atomic E-state index is -2.25. The monoisotopic (exact) mass is 285 g/mol. The van der Waals surface area contributed by atoms with Crippen LogP contribution in [-0.2, 0) is 6.42 Å². The lowest BCUT2D eigenvalue weighted by Gasteiger charge is -2.07. The van der Waals surface area contributed by atoms with Gasteiger partial charge >= 0.3 is 0 Å². The molecule has 0 spiro atoms. The van der Waals surface area contributed by atoms with Crippen LogP contribution in [0.3, 0.4) is 0 Å². The van der Waals surface area contributed by atoms with Gasteiger partial charge in [-0.3, -0.25) is 0 Å². The Hall–Kier alpha value is -2.56. The third-order valence-corrected chi connectivity index (χ3v) is 2.42. The number of halogens is 5. The second-order valence-corrected chi connectivity index (χ2v) is 3.69. The maximum atomic E-state index is 13.5. The fourth-order valence-corrected chi connectivity index (χ4v) is 1.47. The summed E-state index contributed by atoms with van der Waals surface area (Å²) in [5, 5.41) is 8.43. The van der Waals surface area contributed by atoms with Gasteiger partial charge in [-0.15, -0.1) is 0 Å². The Morgan fingerprint density at radius 1 is 0.850 bits per heavy atom. The maximum Gasteiger partial charge on any atom is 0.200 e. The summed E-state index contributed by atoms with van der Waals surface area (Å²) in [4.78, 5) is 7.01. The summed E-state index contributed by atoms with van der Waals surface area (Å²) in [7, 11) is 0. The lowest BCUT2D eigenvalue weighted by molar-refractivity contribution is 0.381. The number of benzene rings is 1. The molecule has 0 aliphatic rings. The molecule has 1 aromatic heterocycles. The zero-order valence-corrected chi connectivity index (χ0v) is 9.59. The van der Waals surface area contributed by atoms with Crippen LogP contribution in [0.25, 0.3) is 11.4 Å². The van der Waals surface area contributed by atoms with Crippen molar-refractivity contribution in [1.29, 1.82) is 5.26 Å². The minimum absolute atomic E-state index is 0.0443. The molecule has 0 unspecified atom stereocenters. The number of hydrogen-bond donors (Lipinski definition) is 0. The van der Waals surface area contributed by atoms with Gasteiger partial charge in [-0.2, -0.15) is 5.26 Å². The molecule has 2 rings (SSSR count). The quantitative estimate of drug-likeness (QED) is 0.484. The topological polar surface area (TPSA) is 49.6 Å². The maximum absolute atomic E-state index is 13.5. The van der Waals surface area contributed by atoms with Crippen LogP contribution >= 0.6 is 0 Å². The molecule has 1 aromatic carbocycles. The molecular formula is C12H4F5N3. The fraction of sp³-hybridized carbons (Fsp3) is 0.0833. The van der Waals surface area contributed by atoms with Crippen LogP contribution in [0.1, 0.15) is 5.56 Å². The van der Waals surface area contributed by atoms with E-state index in [1.807, 2.05) is 0 Å². The lowest BCUT2D eigenvalue weighted by Crippen LogP contribution is -2.06. The predicted octanol–water partition coefficient (Wildman–Crippen LogP) is 2.91. The first-order valence-electron chi connectivity index (χ1n) is 5.17. The molecular weight excluding hydrogens is 281 g/mol. The van der Waals surface area contributed by atoms with Crippen molar-refractivity contribution in [2.45, 2.75) is 6.42 Å². The Kier molecular flexibility index (Phi) is 3.61. The van der Waals surface area contributed by atoms with Gasteiger partial charge in [-0.1, -0.05) is 0 Å². The highest BCUT2D eigenvalue weighted by atomic mass is 19.2. The van der Waals surface area contributed by atoms with E-state index < -0.39 is 40.5 Å². The number of aromatic nitrogens is 2. The van der Waals surface area contributed by atoms with Gasteiger partial charge in [-0.05, 0) is 0 Å². The van der Waals surface area contributed by atoms with Gasteiger partial charge in [0.2, 0.25) is 5.82 Å². The number of hydrogen-bond acceptors (Lipinski definition) is 3. The molecule has 8 heteroatoms. The second kappa shape index (κ2) is 5.21. The summed E-state index contributed by atoms with van der Waals surface area (Å²) in [6.07, 6.45) is 2.10. The van der Waals surface area contributed by atoms with Gasteiger partial charge in [0, 0.05) is 18.0 Å². The first kappa shape index (κ1) is 13.9. The molecule has 102 valence electrons. The average molecular weight is 285 g/mol. The molecule has 1 heterocycles. The van der Waals surface area contributed by atoms with Crippen molar-refractivity contribution in [1.82, 2.24) is 9.97 Å². The SMILES string of the molecule is N#CCc1cnc(-c2c(F)c(F)c(F)c(F)c2F)nc1. The zero-order chi connectivity index (χ0) is 14.9. The van der Waals surface area contributed by atoms with Crippen molar-refractivity contribution in [2.24, 2.45) is 0 Å². The Bertz CT molecular complexity index is 678. The van der Waals surface area contributed by atoms with E-state index in [9.17, 15) is 22.0 Å². The van der Waals surface area contributed by atoms with Crippen molar-refractivity contribution in [3.05, 3.63) is 47.0 Å². The molecule has 0 radical (unpaired) electrons. The van der Waals surface area contributed by atoms with Crippen LogP contribution in [0.15, 0.2) is 12.4 Å². The highest BCUT2D eigenvalue weighted by Crippen LogP contribution is 2.29. The van der Waals surface area contributed by atoms with E-state index in [2.05, 4.69) is 9.97 Å².